The molecule has 1 aliphatic heterocycles. The number of benzene rings is 1. The van der Waals surface area contributed by atoms with E-state index >= 15 is 0 Å². The van der Waals surface area contributed by atoms with Crippen LogP contribution in [0.25, 0.3) is 10.9 Å². The van der Waals surface area contributed by atoms with Gasteiger partial charge in [-0.1, -0.05) is 23.9 Å². The van der Waals surface area contributed by atoms with Gasteiger partial charge in [-0.2, -0.15) is 0 Å². The van der Waals surface area contributed by atoms with E-state index in [1.807, 2.05) is 28.8 Å². The standard InChI is InChI=1S/C19H23Cl2N3O2S/c20-19(21)12-14(19)13-27-18-22-16-5-2-1-4-15(16)17(25)24(18)7-3-6-23-8-10-26-11-9-23/h1-2,4-5,14H,3,6-13H2. The number of alkyl halides is 2. The number of rotatable bonds is 7. The zero-order valence-electron chi connectivity index (χ0n) is 15.1. The Hall–Kier alpha value is -0.790. The lowest BCUT2D eigenvalue weighted by Gasteiger charge is -2.26. The molecule has 1 aromatic heterocycles. The van der Waals surface area contributed by atoms with Gasteiger partial charge < -0.3 is 4.74 Å². The summed E-state index contributed by atoms with van der Waals surface area (Å²) in [5.74, 6) is 1.04. The zero-order chi connectivity index (χ0) is 18.9. The quantitative estimate of drug-likeness (QED) is 0.384. The number of aromatic nitrogens is 2. The molecule has 1 saturated carbocycles. The summed E-state index contributed by atoms with van der Waals surface area (Å²) in [4.78, 5) is 20.2. The highest BCUT2D eigenvalue weighted by Crippen LogP contribution is 2.54. The van der Waals surface area contributed by atoms with Gasteiger partial charge in [-0.15, -0.1) is 23.2 Å². The van der Waals surface area contributed by atoms with Crippen LogP contribution in [0, 0.1) is 5.92 Å². The monoisotopic (exact) mass is 427 g/mol. The minimum absolute atomic E-state index is 0.0314. The third-order valence-corrected chi connectivity index (χ3v) is 7.22. The molecule has 2 fully saturated rings. The van der Waals surface area contributed by atoms with E-state index < -0.39 is 4.33 Å². The second kappa shape index (κ2) is 8.29. The lowest BCUT2D eigenvalue weighted by atomic mass is 10.2. The Morgan fingerprint density at radius 1 is 1.22 bits per heavy atom. The second-order valence-electron chi connectivity index (χ2n) is 7.15. The van der Waals surface area contributed by atoms with Crippen molar-refractivity contribution in [1.29, 1.82) is 0 Å². The maximum Gasteiger partial charge on any atom is 0.262 e. The highest BCUT2D eigenvalue weighted by Gasteiger charge is 2.51. The molecule has 27 heavy (non-hydrogen) atoms. The fourth-order valence-corrected chi connectivity index (χ4v) is 5.31. The molecule has 1 aliphatic carbocycles. The summed E-state index contributed by atoms with van der Waals surface area (Å²) in [5, 5.41) is 1.43. The fourth-order valence-electron chi connectivity index (χ4n) is 3.36. The van der Waals surface area contributed by atoms with Gasteiger partial charge in [0.1, 0.15) is 4.33 Å². The number of ether oxygens (including phenoxy) is 1. The molecule has 1 aromatic carbocycles. The van der Waals surface area contributed by atoms with E-state index in [0.717, 1.165) is 62.1 Å². The number of nitrogens with zero attached hydrogens (tertiary/aromatic N) is 3. The molecule has 0 spiro atoms. The minimum atomic E-state index is -0.606. The van der Waals surface area contributed by atoms with Crippen LogP contribution < -0.4 is 5.56 Å². The van der Waals surface area contributed by atoms with E-state index in [1.165, 1.54) is 0 Å². The van der Waals surface area contributed by atoms with Gasteiger partial charge in [0.05, 0.1) is 24.1 Å². The number of fused-ring (bicyclic) bond motifs is 1. The summed E-state index contributed by atoms with van der Waals surface area (Å²) in [6, 6.07) is 7.54. The maximum absolute atomic E-state index is 13.0. The highest BCUT2D eigenvalue weighted by atomic mass is 35.5. The number of morpholine rings is 1. The average Bonchev–Trinajstić information content (AvgIpc) is 3.29. The van der Waals surface area contributed by atoms with Gasteiger partial charge in [-0.25, -0.2) is 4.98 Å². The van der Waals surface area contributed by atoms with Gasteiger partial charge >= 0.3 is 0 Å². The van der Waals surface area contributed by atoms with E-state index in [9.17, 15) is 4.79 Å². The van der Waals surface area contributed by atoms with Crippen LogP contribution in [0.15, 0.2) is 34.2 Å². The molecule has 2 aromatic rings. The molecule has 0 N–H and O–H groups in total. The molecule has 4 rings (SSSR count). The Balaban J connectivity index is 1.51. The Morgan fingerprint density at radius 3 is 2.70 bits per heavy atom. The molecule has 146 valence electrons. The summed E-state index contributed by atoms with van der Waals surface area (Å²) >= 11 is 13.9. The molecule has 0 bridgehead atoms. The molecule has 1 unspecified atom stereocenters. The van der Waals surface area contributed by atoms with E-state index in [0.29, 0.717) is 11.9 Å². The molecule has 2 heterocycles. The maximum atomic E-state index is 13.0. The highest BCUT2D eigenvalue weighted by molar-refractivity contribution is 7.99. The van der Waals surface area contributed by atoms with Crippen molar-refractivity contribution >= 4 is 45.9 Å². The van der Waals surface area contributed by atoms with Crippen molar-refractivity contribution in [1.82, 2.24) is 14.5 Å². The normalized spacial score (nSPS) is 22.2. The Kier molecular flexibility index (Phi) is 6.00. The van der Waals surface area contributed by atoms with Crippen LogP contribution >= 0.6 is 35.0 Å². The number of thioether (sulfide) groups is 1. The number of hydrogen-bond donors (Lipinski definition) is 0. The molecule has 0 amide bonds. The van der Waals surface area contributed by atoms with Gasteiger partial charge in [0.2, 0.25) is 0 Å². The topological polar surface area (TPSA) is 47.4 Å². The third kappa shape index (κ3) is 4.62. The predicted octanol–water partition coefficient (Wildman–Crippen LogP) is 3.40. The SMILES string of the molecule is O=c1c2ccccc2nc(SCC2CC2(Cl)Cl)n1CCCN1CCOCC1. The third-order valence-electron chi connectivity index (χ3n) is 5.16. The first-order valence-electron chi connectivity index (χ1n) is 9.35. The smallest absolute Gasteiger partial charge is 0.262 e. The number of hydrogen-bond acceptors (Lipinski definition) is 5. The van der Waals surface area contributed by atoms with E-state index in [2.05, 4.69) is 4.90 Å². The van der Waals surface area contributed by atoms with Crippen LogP contribution in [0.1, 0.15) is 12.8 Å². The van der Waals surface area contributed by atoms with Crippen molar-refractivity contribution < 1.29 is 4.74 Å². The van der Waals surface area contributed by atoms with Crippen LogP contribution in [0.5, 0.6) is 0 Å². The molecule has 1 atom stereocenters. The lowest BCUT2D eigenvalue weighted by molar-refractivity contribution is 0.0368. The summed E-state index contributed by atoms with van der Waals surface area (Å²) in [7, 11) is 0. The van der Waals surface area contributed by atoms with Crippen molar-refractivity contribution in [2.75, 3.05) is 38.6 Å². The Labute approximate surface area is 173 Å². The minimum Gasteiger partial charge on any atom is -0.379 e. The first kappa shape index (κ1) is 19.5. The predicted molar refractivity (Wildman–Crippen MR) is 111 cm³/mol. The first-order valence-corrected chi connectivity index (χ1v) is 11.1. The fraction of sp³-hybridized carbons (Fsp3) is 0.579. The largest absolute Gasteiger partial charge is 0.379 e. The molecule has 2 aliphatic rings. The van der Waals surface area contributed by atoms with Crippen molar-refractivity contribution in [3.8, 4) is 0 Å². The van der Waals surface area contributed by atoms with Crippen LogP contribution in [-0.2, 0) is 11.3 Å². The van der Waals surface area contributed by atoms with E-state index in [4.69, 9.17) is 32.9 Å². The zero-order valence-corrected chi connectivity index (χ0v) is 17.4. The van der Waals surface area contributed by atoms with Gasteiger partial charge in [-0.3, -0.25) is 14.3 Å². The summed E-state index contributed by atoms with van der Waals surface area (Å²) < 4.78 is 6.61. The molecule has 8 heteroatoms. The number of para-hydroxylation sites is 1. The molecule has 0 radical (unpaired) electrons. The van der Waals surface area contributed by atoms with Gasteiger partial charge in [0.25, 0.3) is 5.56 Å². The van der Waals surface area contributed by atoms with Crippen molar-refractivity contribution in [2.24, 2.45) is 5.92 Å². The van der Waals surface area contributed by atoms with E-state index in [-0.39, 0.29) is 11.5 Å². The van der Waals surface area contributed by atoms with Gasteiger partial charge in [-0.05, 0) is 25.0 Å². The van der Waals surface area contributed by atoms with Crippen LogP contribution in [-0.4, -0.2) is 57.4 Å². The Morgan fingerprint density at radius 2 is 1.96 bits per heavy atom. The van der Waals surface area contributed by atoms with Gasteiger partial charge in [0, 0.05) is 37.8 Å². The van der Waals surface area contributed by atoms with Crippen molar-refractivity contribution in [3.05, 3.63) is 34.6 Å². The summed E-state index contributed by atoms with van der Waals surface area (Å²) in [5.41, 5.74) is 0.775. The first-order chi connectivity index (χ1) is 13.0. The second-order valence-corrected chi connectivity index (χ2v) is 9.68. The Bertz CT molecular complexity index is 868. The lowest BCUT2D eigenvalue weighted by Crippen LogP contribution is -2.37. The van der Waals surface area contributed by atoms with Crippen molar-refractivity contribution in [3.63, 3.8) is 0 Å². The van der Waals surface area contributed by atoms with Crippen LogP contribution in [0.3, 0.4) is 0 Å². The molecular weight excluding hydrogens is 405 g/mol. The molecule has 5 nitrogen and oxygen atoms in total. The van der Waals surface area contributed by atoms with Gasteiger partial charge in [0.15, 0.2) is 5.16 Å². The molecular formula is C19H23Cl2N3O2S. The van der Waals surface area contributed by atoms with Crippen LogP contribution in [0.2, 0.25) is 0 Å². The van der Waals surface area contributed by atoms with Crippen molar-refractivity contribution in [2.45, 2.75) is 28.9 Å². The summed E-state index contributed by atoms with van der Waals surface area (Å²) in [6.45, 7) is 5.12. The average molecular weight is 428 g/mol. The molecule has 1 saturated heterocycles. The van der Waals surface area contributed by atoms with E-state index in [1.54, 1.807) is 11.8 Å². The van der Waals surface area contributed by atoms with Crippen LogP contribution in [0.4, 0.5) is 0 Å². The summed E-state index contributed by atoms with van der Waals surface area (Å²) in [6.07, 6.45) is 1.71. The number of halogens is 2.